The number of amides is 2. The summed E-state index contributed by atoms with van der Waals surface area (Å²) >= 11 is 0. The van der Waals surface area contributed by atoms with Crippen molar-refractivity contribution < 1.29 is 19.1 Å². The Bertz CT molecular complexity index is 1230. The van der Waals surface area contributed by atoms with Gasteiger partial charge in [-0.2, -0.15) is 5.26 Å². The summed E-state index contributed by atoms with van der Waals surface area (Å²) in [7, 11) is 0. The van der Waals surface area contributed by atoms with Gasteiger partial charge in [0.15, 0.2) is 5.65 Å². The lowest BCUT2D eigenvalue weighted by Crippen LogP contribution is -2.40. The summed E-state index contributed by atoms with van der Waals surface area (Å²) in [5.41, 5.74) is 2.26. The van der Waals surface area contributed by atoms with Crippen molar-refractivity contribution in [3.8, 4) is 6.07 Å². The lowest BCUT2D eigenvalue weighted by Gasteiger charge is -2.26. The molecule has 0 spiro atoms. The van der Waals surface area contributed by atoms with Gasteiger partial charge in [0, 0.05) is 44.6 Å². The number of nitrogens with zero attached hydrogens (tertiary/aromatic N) is 5. The lowest BCUT2D eigenvalue weighted by atomic mass is 10.1. The fraction of sp³-hybridized carbons (Fsp3) is 0.375. The number of rotatable bonds is 8. The van der Waals surface area contributed by atoms with Crippen LogP contribution < -0.4 is 5.32 Å². The third-order valence-electron chi connectivity index (χ3n) is 5.48. The Morgan fingerprint density at radius 2 is 2.06 bits per heavy atom. The van der Waals surface area contributed by atoms with Gasteiger partial charge in [-0.3, -0.25) is 19.5 Å². The Hall–Kier alpha value is -3.81. The number of carbonyl (C=O) groups is 2. The highest BCUT2D eigenvalue weighted by Gasteiger charge is 2.21. The van der Waals surface area contributed by atoms with Crippen molar-refractivity contribution in [1.82, 2.24) is 19.4 Å². The lowest BCUT2D eigenvalue weighted by molar-refractivity contribution is 0.0302. The number of nitriles is 1. The standard InChI is InChI=1S/C24H26N6O4/c1-2-33-10-4-7-30-21-20(14-19(16-26-21)23(32)29-8-11-34-12-9-29)27-24(30)28-22(31)18-6-3-5-17(13-18)15-25/h3,5-6,13-14,16H,2,4,7-12H2,1H3,(H,27,28,31). The Morgan fingerprint density at radius 3 is 2.82 bits per heavy atom. The first-order chi connectivity index (χ1) is 16.6. The van der Waals surface area contributed by atoms with Crippen molar-refractivity contribution in [2.75, 3.05) is 44.8 Å². The van der Waals surface area contributed by atoms with Crippen LogP contribution in [0.25, 0.3) is 11.2 Å². The van der Waals surface area contributed by atoms with E-state index in [1.807, 2.05) is 17.6 Å². The molecule has 4 rings (SSSR count). The zero-order chi connectivity index (χ0) is 23.9. The fourth-order valence-corrected chi connectivity index (χ4v) is 3.76. The van der Waals surface area contributed by atoms with Gasteiger partial charge in [-0.15, -0.1) is 0 Å². The van der Waals surface area contributed by atoms with Gasteiger partial charge in [0.25, 0.3) is 11.8 Å². The molecule has 0 aliphatic carbocycles. The number of aryl methyl sites for hydroxylation is 1. The van der Waals surface area contributed by atoms with E-state index in [4.69, 9.17) is 14.7 Å². The fourth-order valence-electron chi connectivity index (χ4n) is 3.76. The van der Waals surface area contributed by atoms with Gasteiger partial charge in [0.1, 0.15) is 5.52 Å². The van der Waals surface area contributed by atoms with Crippen LogP contribution in [-0.4, -0.2) is 70.8 Å². The Morgan fingerprint density at radius 1 is 1.24 bits per heavy atom. The molecule has 0 bridgehead atoms. The molecule has 1 aromatic carbocycles. The average molecular weight is 463 g/mol. The highest BCUT2D eigenvalue weighted by atomic mass is 16.5. The van der Waals surface area contributed by atoms with E-state index in [1.54, 1.807) is 35.4 Å². The quantitative estimate of drug-likeness (QED) is 0.510. The molecule has 3 aromatic rings. The summed E-state index contributed by atoms with van der Waals surface area (Å²) in [6.07, 6.45) is 2.24. The first-order valence-corrected chi connectivity index (χ1v) is 11.2. The van der Waals surface area contributed by atoms with Crippen LogP contribution in [0.1, 0.15) is 39.6 Å². The maximum absolute atomic E-state index is 12.9. The molecule has 2 amide bonds. The molecule has 0 unspecified atom stereocenters. The molecule has 1 aliphatic rings. The number of fused-ring (bicyclic) bond motifs is 1. The maximum atomic E-state index is 12.9. The van der Waals surface area contributed by atoms with E-state index in [1.165, 1.54) is 6.07 Å². The second-order valence-corrected chi connectivity index (χ2v) is 7.76. The summed E-state index contributed by atoms with van der Waals surface area (Å²) < 4.78 is 12.6. The van der Waals surface area contributed by atoms with Gasteiger partial charge < -0.3 is 14.4 Å². The molecular weight excluding hydrogens is 436 g/mol. The molecule has 10 heteroatoms. The van der Waals surface area contributed by atoms with E-state index in [-0.39, 0.29) is 11.8 Å². The molecule has 1 fully saturated rings. The molecule has 1 saturated heterocycles. The zero-order valence-corrected chi connectivity index (χ0v) is 19.0. The van der Waals surface area contributed by atoms with Crippen LogP contribution >= 0.6 is 0 Å². The van der Waals surface area contributed by atoms with E-state index < -0.39 is 0 Å². The number of hydrogen-bond donors (Lipinski definition) is 1. The van der Waals surface area contributed by atoms with E-state index in [0.717, 1.165) is 0 Å². The number of ether oxygens (including phenoxy) is 2. The highest BCUT2D eigenvalue weighted by Crippen LogP contribution is 2.21. The topological polar surface area (TPSA) is 122 Å². The van der Waals surface area contributed by atoms with Crippen LogP contribution in [0.2, 0.25) is 0 Å². The minimum Gasteiger partial charge on any atom is -0.382 e. The summed E-state index contributed by atoms with van der Waals surface area (Å²) in [6.45, 7) is 5.72. The molecule has 0 atom stereocenters. The number of hydrogen-bond acceptors (Lipinski definition) is 7. The average Bonchev–Trinajstić information content (AvgIpc) is 3.22. The van der Waals surface area contributed by atoms with E-state index in [0.29, 0.717) is 86.3 Å². The van der Waals surface area contributed by atoms with Crippen LogP contribution in [0.5, 0.6) is 0 Å². The predicted molar refractivity (Wildman–Crippen MR) is 124 cm³/mol. The third kappa shape index (κ3) is 5.22. The van der Waals surface area contributed by atoms with Crippen molar-refractivity contribution in [1.29, 1.82) is 5.26 Å². The number of nitrogens with one attached hydrogen (secondary N) is 1. The van der Waals surface area contributed by atoms with Crippen LogP contribution in [0.3, 0.4) is 0 Å². The Labute approximate surface area is 197 Å². The number of benzene rings is 1. The first kappa shape index (κ1) is 23.4. The van der Waals surface area contributed by atoms with Crippen LogP contribution in [0, 0.1) is 11.3 Å². The smallest absolute Gasteiger partial charge is 0.258 e. The van der Waals surface area contributed by atoms with Crippen molar-refractivity contribution in [2.45, 2.75) is 19.9 Å². The van der Waals surface area contributed by atoms with Gasteiger partial charge in [-0.25, -0.2) is 9.97 Å². The van der Waals surface area contributed by atoms with Gasteiger partial charge in [-0.05, 0) is 37.6 Å². The van der Waals surface area contributed by atoms with E-state index in [9.17, 15) is 9.59 Å². The number of carbonyl (C=O) groups excluding carboxylic acids is 2. The van der Waals surface area contributed by atoms with Crippen molar-refractivity contribution in [3.63, 3.8) is 0 Å². The van der Waals surface area contributed by atoms with Gasteiger partial charge in [0.05, 0.1) is 30.4 Å². The summed E-state index contributed by atoms with van der Waals surface area (Å²) in [4.78, 5) is 36.6. The molecule has 0 saturated carbocycles. The zero-order valence-electron chi connectivity index (χ0n) is 19.0. The molecule has 0 radical (unpaired) electrons. The summed E-state index contributed by atoms with van der Waals surface area (Å²) in [6, 6.07) is 10.2. The minimum atomic E-state index is -0.386. The number of pyridine rings is 1. The number of anilines is 1. The normalized spacial score (nSPS) is 13.6. The molecule has 34 heavy (non-hydrogen) atoms. The molecular formula is C24H26N6O4. The largest absolute Gasteiger partial charge is 0.382 e. The third-order valence-corrected chi connectivity index (χ3v) is 5.48. The monoisotopic (exact) mass is 462 g/mol. The SMILES string of the molecule is CCOCCCn1c(NC(=O)c2cccc(C#N)c2)nc2cc(C(=O)N3CCOCC3)cnc21. The first-order valence-electron chi connectivity index (χ1n) is 11.2. The second-order valence-electron chi connectivity index (χ2n) is 7.76. The Kier molecular flexibility index (Phi) is 7.47. The molecule has 1 N–H and O–H groups in total. The molecule has 1 aliphatic heterocycles. The van der Waals surface area contributed by atoms with Crippen molar-refractivity contribution >= 4 is 28.9 Å². The summed E-state index contributed by atoms with van der Waals surface area (Å²) in [5.74, 6) is -0.187. The number of imidazole rings is 1. The minimum absolute atomic E-state index is 0.123. The van der Waals surface area contributed by atoms with Crippen LogP contribution in [-0.2, 0) is 16.0 Å². The number of morpholine rings is 1. The Balaban J connectivity index is 1.63. The number of aromatic nitrogens is 3. The molecule has 176 valence electrons. The van der Waals surface area contributed by atoms with E-state index in [2.05, 4.69) is 15.3 Å². The van der Waals surface area contributed by atoms with E-state index >= 15 is 0 Å². The van der Waals surface area contributed by atoms with Gasteiger partial charge in [0.2, 0.25) is 5.95 Å². The van der Waals surface area contributed by atoms with Crippen LogP contribution in [0.15, 0.2) is 36.5 Å². The van der Waals surface area contributed by atoms with Gasteiger partial charge in [-0.1, -0.05) is 6.07 Å². The molecule has 10 nitrogen and oxygen atoms in total. The predicted octanol–water partition coefficient (Wildman–Crippen LogP) is 2.45. The van der Waals surface area contributed by atoms with Crippen molar-refractivity contribution in [3.05, 3.63) is 53.2 Å². The van der Waals surface area contributed by atoms with Gasteiger partial charge >= 0.3 is 0 Å². The molecule has 2 aromatic heterocycles. The van der Waals surface area contributed by atoms with Crippen molar-refractivity contribution in [2.24, 2.45) is 0 Å². The van der Waals surface area contributed by atoms with Crippen LogP contribution in [0.4, 0.5) is 5.95 Å². The highest BCUT2D eigenvalue weighted by molar-refractivity contribution is 6.04. The molecule has 3 heterocycles. The maximum Gasteiger partial charge on any atom is 0.258 e. The second kappa shape index (κ2) is 10.9. The summed E-state index contributed by atoms with van der Waals surface area (Å²) in [5, 5.41) is 12.0.